The van der Waals surface area contributed by atoms with Crippen LogP contribution in [0.15, 0.2) is 30.6 Å². The molecule has 2 aromatic heterocycles. The van der Waals surface area contributed by atoms with Crippen LogP contribution in [0.25, 0.3) is 11.0 Å². The molecule has 1 aromatic carbocycles. The molecule has 3 N–H and O–H groups in total. The van der Waals surface area contributed by atoms with Crippen molar-refractivity contribution in [3.8, 4) is 11.5 Å². The highest BCUT2D eigenvalue weighted by Gasteiger charge is 2.44. The molecule has 0 amide bonds. The molecule has 1 saturated carbocycles. The molecule has 3 heterocycles. The van der Waals surface area contributed by atoms with Gasteiger partial charge in [-0.25, -0.2) is 9.37 Å². The summed E-state index contributed by atoms with van der Waals surface area (Å²) < 4.78 is 28.0. The summed E-state index contributed by atoms with van der Waals surface area (Å²) in [4.78, 5) is 4.47. The highest BCUT2D eigenvalue weighted by Crippen LogP contribution is 2.39. The van der Waals surface area contributed by atoms with Crippen molar-refractivity contribution >= 4 is 11.0 Å². The predicted molar refractivity (Wildman–Crippen MR) is 113 cm³/mol. The van der Waals surface area contributed by atoms with E-state index in [1.165, 1.54) is 13.2 Å². The first-order valence-corrected chi connectivity index (χ1v) is 10.5. The number of nitrogens with zero attached hydrogens (tertiary/aromatic N) is 2. The minimum Gasteiger partial charge on any atom is -0.494 e. The van der Waals surface area contributed by atoms with E-state index in [1.54, 1.807) is 6.20 Å². The van der Waals surface area contributed by atoms with Gasteiger partial charge in [0.1, 0.15) is 29.7 Å². The average Bonchev–Trinajstić information content (AvgIpc) is 3.33. The fourth-order valence-corrected chi connectivity index (χ4v) is 4.82. The molecule has 7 nitrogen and oxygen atoms in total. The summed E-state index contributed by atoms with van der Waals surface area (Å²) in [5.74, 6) is 0.233. The van der Waals surface area contributed by atoms with Gasteiger partial charge >= 0.3 is 0 Å². The monoisotopic (exact) mass is 427 g/mol. The van der Waals surface area contributed by atoms with E-state index in [1.807, 2.05) is 29.8 Å². The Morgan fingerprint density at radius 3 is 2.84 bits per heavy atom. The lowest BCUT2D eigenvalue weighted by atomic mass is 9.98. The maximum absolute atomic E-state index is 14.7. The summed E-state index contributed by atoms with van der Waals surface area (Å²) in [5, 5.41) is 25.8. The van der Waals surface area contributed by atoms with E-state index in [0.29, 0.717) is 37.2 Å². The van der Waals surface area contributed by atoms with Gasteiger partial charge in [-0.2, -0.15) is 0 Å². The maximum atomic E-state index is 14.7. The molecule has 2 aliphatic rings. The largest absolute Gasteiger partial charge is 0.494 e. The number of aromatic nitrogens is 2. The number of benzene rings is 1. The van der Waals surface area contributed by atoms with Gasteiger partial charge in [0.05, 0.1) is 13.2 Å². The molecule has 0 bridgehead atoms. The van der Waals surface area contributed by atoms with E-state index < -0.39 is 18.3 Å². The quantitative estimate of drug-likeness (QED) is 0.592. The smallest absolute Gasteiger partial charge is 0.168 e. The van der Waals surface area contributed by atoms with Crippen LogP contribution in [0.3, 0.4) is 0 Å². The molecular formula is C23H26FN3O4. The Balaban J connectivity index is 1.47. The van der Waals surface area contributed by atoms with Crippen molar-refractivity contribution in [2.45, 2.75) is 50.7 Å². The van der Waals surface area contributed by atoms with Crippen LogP contribution >= 0.6 is 0 Å². The Bertz CT molecular complexity index is 1130. The minimum atomic E-state index is -1.09. The van der Waals surface area contributed by atoms with Crippen molar-refractivity contribution in [1.82, 2.24) is 14.9 Å². The Kier molecular flexibility index (Phi) is 5.08. The van der Waals surface area contributed by atoms with Crippen molar-refractivity contribution in [3.63, 3.8) is 0 Å². The summed E-state index contributed by atoms with van der Waals surface area (Å²) >= 11 is 0. The molecule has 5 rings (SSSR count). The molecule has 8 heteroatoms. The van der Waals surface area contributed by atoms with E-state index >= 15 is 0 Å². The highest BCUT2D eigenvalue weighted by atomic mass is 19.1. The van der Waals surface area contributed by atoms with Crippen molar-refractivity contribution in [1.29, 1.82) is 0 Å². The van der Waals surface area contributed by atoms with Crippen molar-refractivity contribution in [2.24, 2.45) is 0 Å². The summed E-state index contributed by atoms with van der Waals surface area (Å²) in [5.41, 5.74) is 3.18. The van der Waals surface area contributed by atoms with E-state index in [-0.39, 0.29) is 17.6 Å². The van der Waals surface area contributed by atoms with Crippen LogP contribution < -0.4 is 14.8 Å². The van der Waals surface area contributed by atoms with Gasteiger partial charge < -0.3 is 29.6 Å². The first-order valence-electron chi connectivity index (χ1n) is 10.5. The van der Waals surface area contributed by atoms with Crippen molar-refractivity contribution in [3.05, 3.63) is 53.1 Å². The second kappa shape index (κ2) is 7.78. The molecule has 1 fully saturated rings. The van der Waals surface area contributed by atoms with Crippen LogP contribution in [-0.4, -0.2) is 51.7 Å². The molecule has 4 unspecified atom stereocenters. The summed E-state index contributed by atoms with van der Waals surface area (Å²) in [6.07, 6.45) is 1.81. The van der Waals surface area contributed by atoms with Crippen LogP contribution in [0.5, 0.6) is 11.5 Å². The number of ether oxygens (including phenoxy) is 2. The van der Waals surface area contributed by atoms with E-state index in [4.69, 9.17) is 9.47 Å². The number of pyridine rings is 1. The van der Waals surface area contributed by atoms with Crippen LogP contribution in [0.4, 0.5) is 4.39 Å². The van der Waals surface area contributed by atoms with Crippen LogP contribution in [0.1, 0.15) is 29.2 Å². The number of rotatable bonds is 4. The maximum Gasteiger partial charge on any atom is 0.168 e. The highest BCUT2D eigenvalue weighted by molar-refractivity contribution is 5.79. The number of hydrogen-bond acceptors (Lipinski definition) is 6. The standard InChI is InChI=1S/C23H26FN3O4/c1-12-3-7-26-23-13(12)5-8-27(23)16-9-19(22(29)21(16)28)31-17-10-18(30-2)20(24)14-4-6-25-11-15(14)17/h3,5,7-8,10,16,19,21-22,25,28-29H,4,6,9,11H2,1-2H3. The van der Waals surface area contributed by atoms with Gasteiger partial charge in [0.15, 0.2) is 11.6 Å². The van der Waals surface area contributed by atoms with Gasteiger partial charge in [0.25, 0.3) is 0 Å². The summed E-state index contributed by atoms with van der Waals surface area (Å²) in [6.45, 7) is 3.17. The van der Waals surface area contributed by atoms with Gasteiger partial charge in [-0.1, -0.05) is 0 Å². The first-order chi connectivity index (χ1) is 15.0. The SMILES string of the molecule is COc1cc(OC2CC(n3ccc4c(C)ccnc43)C(O)C2O)c2c(c1F)CCNC2. The van der Waals surface area contributed by atoms with Crippen molar-refractivity contribution < 1.29 is 24.1 Å². The fraction of sp³-hybridized carbons (Fsp3) is 0.435. The number of hydrogen-bond donors (Lipinski definition) is 3. The zero-order chi connectivity index (χ0) is 21.7. The lowest BCUT2D eigenvalue weighted by Crippen LogP contribution is -2.35. The van der Waals surface area contributed by atoms with Crippen molar-refractivity contribution in [2.75, 3.05) is 13.7 Å². The zero-order valence-electron chi connectivity index (χ0n) is 17.5. The molecule has 4 atom stereocenters. The molecule has 0 spiro atoms. The van der Waals surface area contributed by atoms with Gasteiger partial charge in [0, 0.05) is 47.9 Å². The Morgan fingerprint density at radius 1 is 1.19 bits per heavy atom. The third-order valence-electron chi connectivity index (χ3n) is 6.55. The molecule has 3 aromatic rings. The van der Waals surface area contributed by atoms with Crippen LogP contribution in [-0.2, 0) is 13.0 Å². The zero-order valence-corrected chi connectivity index (χ0v) is 17.5. The Hall–Kier alpha value is -2.68. The Labute approximate surface area is 179 Å². The van der Waals surface area contributed by atoms with E-state index in [0.717, 1.165) is 22.2 Å². The number of halogens is 1. The number of aryl methyl sites for hydroxylation is 1. The number of aliphatic hydroxyl groups excluding tert-OH is 2. The second-order valence-electron chi connectivity index (χ2n) is 8.30. The molecule has 1 aliphatic carbocycles. The predicted octanol–water partition coefficient (Wildman–Crippen LogP) is 2.25. The molecule has 0 saturated heterocycles. The number of methoxy groups -OCH3 is 1. The van der Waals surface area contributed by atoms with E-state index in [9.17, 15) is 14.6 Å². The van der Waals surface area contributed by atoms with Gasteiger partial charge in [-0.3, -0.25) is 0 Å². The van der Waals surface area contributed by atoms with Gasteiger partial charge in [-0.15, -0.1) is 0 Å². The minimum absolute atomic E-state index is 0.122. The molecule has 1 aliphatic heterocycles. The second-order valence-corrected chi connectivity index (χ2v) is 8.30. The number of aliphatic hydroxyl groups is 2. The third kappa shape index (κ3) is 3.26. The first kappa shape index (κ1) is 20.2. The average molecular weight is 427 g/mol. The molecule has 31 heavy (non-hydrogen) atoms. The lowest BCUT2D eigenvalue weighted by molar-refractivity contribution is -0.0167. The van der Waals surface area contributed by atoms with E-state index in [2.05, 4.69) is 10.3 Å². The fourth-order valence-electron chi connectivity index (χ4n) is 4.82. The summed E-state index contributed by atoms with van der Waals surface area (Å²) in [7, 11) is 1.42. The number of fused-ring (bicyclic) bond motifs is 2. The third-order valence-corrected chi connectivity index (χ3v) is 6.55. The van der Waals surface area contributed by atoms with Gasteiger partial charge in [-0.05, 0) is 37.6 Å². The lowest BCUT2D eigenvalue weighted by Gasteiger charge is -2.25. The molecule has 0 radical (unpaired) electrons. The topological polar surface area (TPSA) is 88.8 Å². The number of nitrogens with one attached hydrogen (secondary N) is 1. The molecule has 164 valence electrons. The molecular weight excluding hydrogens is 401 g/mol. The Morgan fingerprint density at radius 2 is 2.03 bits per heavy atom. The summed E-state index contributed by atoms with van der Waals surface area (Å²) in [6, 6.07) is 5.06. The van der Waals surface area contributed by atoms with Gasteiger partial charge in [0.2, 0.25) is 0 Å². The van der Waals surface area contributed by atoms with Crippen LogP contribution in [0.2, 0.25) is 0 Å². The normalized spacial score (nSPS) is 25.6. The van der Waals surface area contributed by atoms with Crippen LogP contribution in [0, 0.1) is 12.7 Å².